The number of hydrogen-bond donors (Lipinski definition) is 2. The third kappa shape index (κ3) is 1.99. The van der Waals surface area contributed by atoms with Crippen LogP contribution in [0.4, 0.5) is 0 Å². The van der Waals surface area contributed by atoms with Gasteiger partial charge in [0.05, 0.1) is 11.1 Å². The molecule has 0 saturated heterocycles. The molecule has 0 amide bonds. The van der Waals surface area contributed by atoms with Crippen molar-refractivity contribution in [3.63, 3.8) is 0 Å². The number of phenols is 2. The van der Waals surface area contributed by atoms with Crippen molar-refractivity contribution in [2.45, 2.75) is 6.92 Å². The molecule has 0 aliphatic heterocycles. The van der Waals surface area contributed by atoms with Gasteiger partial charge in [-0.1, -0.05) is 24.3 Å². The Morgan fingerprint density at radius 1 is 0.941 bits per heavy atom. The van der Waals surface area contributed by atoms with Crippen LogP contribution in [0.3, 0.4) is 0 Å². The lowest BCUT2D eigenvalue weighted by atomic mass is 9.97. The topological polar surface area (TPSA) is 57.5 Å². The van der Waals surface area contributed by atoms with E-state index in [2.05, 4.69) is 0 Å². The Morgan fingerprint density at radius 3 is 2.24 bits per heavy atom. The van der Waals surface area contributed by atoms with Crippen LogP contribution in [-0.2, 0) is 0 Å². The zero-order chi connectivity index (χ0) is 12.4. The molecule has 3 heteroatoms. The van der Waals surface area contributed by atoms with Gasteiger partial charge in [0.25, 0.3) is 0 Å². The number of carbonyl (C=O) groups excluding carboxylic acids is 1. The fourth-order valence-electron chi connectivity index (χ4n) is 1.75. The number of benzene rings is 2. The van der Waals surface area contributed by atoms with E-state index in [0.717, 1.165) is 0 Å². The van der Waals surface area contributed by atoms with E-state index in [4.69, 9.17) is 0 Å². The molecule has 0 saturated carbocycles. The maximum Gasteiger partial charge on any atom is 0.200 e. The van der Waals surface area contributed by atoms with E-state index < -0.39 is 0 Å². The van der Waals surface area contributed by atoms with Gasteiger partial charge >= 0.3 is 0 Å². The minimum absolute atomic E-state index is 0.0711. The number of para-hydroxylation sites is 1. The summed E-state index contributed by atoms with van der Waals surface area (Å²) in [6.07, 6.45) is 0. The maximum absolute atomic E-state index is 12.2. The molecule has 3 nitrogen and oxygen atoms in total. The van der Waals surface area contributed by atoms with E-state index in [0.29, 0.717) is 5.56 Å². The van der Waals surface area contributed by atoms with E-state index in [1.165, 1.54) is 18.2 Å². The van der Waals surface area contributed by atoms with Gasteiger partial charge in [-0.25, -0.2) is 0 Å². The van der Waals surface area contributed by atoms with Gasteiger partial charge < -0.3 is 10.2 Å². The Kier molecular flexibility index (Phi) is 2.83. The molecule has 2 rings (SSSR count). The summed E-state index contributed by atoms with van der Waals surface area (Å²) >= 11 is 0. The molecule has 86 valence electrons. The van der Waals surface area contributed by atoms with Crippen LogP contribution < -0.4 is 0 Å². The highest BCUT2D eigenvalue weighted by atomic mass is 16.3. The summed E-state index contributed by atoms with van der Waals surface area (Å²) in [6, 6.07) is 11.2. The molecular formula is C14H12O3. The van der Waals surface area contributed by atoms with Crippen LogP contribution >= 0.6 is 0 Å². The molecule has 0 unspecified atom stereocenters. The molecule has 0 aromatic heterocycles. The molecule has 0 fully saturated rings. The third-order valence-corrected chi connectivity index (χ3v) is 2.63. The lowest BCUT2D eigenvalue weighted by Gasteiger charge is -2.08. The average Bonchev–Trinajstić information content (AvgIpc) is 2.29. The summed E-state index contributed by atoms with van der Waals surface area (Å²) in [4.78, 5) is 12.2. The lowest BCUT2D eigenvalue weighted by Crippen LogP contribution is -2.04. The highest BCUT2D eigenvalue weighted by Crippen LogP contribution is 2.27. The van der Waals surface area contributed by atoms with Crippen LogP contribution in [0, 0.1) is 6.92 Å². The van der Waals surface area contributed by atoms with Crippen molar-refractivity contribution in [1.82, 2.24) is 0 Å². The van der Waals surface area contributed by atoms with Gasteiger partial charge in [0.15, 0.2) is 0 Å². The van der Waals surface area contributed by atoms with E-state index in [-0.39, 0.29) is 28.4 Å². The summed E-state index contributed by atoms with van der Waals surface area (Å²) in [5.41, 5.74) is 1.10. The van der Waals surface area contributed by atoms with Gasteiger partial charge in [-0.3, -0.25) is 4.79 Å². The van der Waals surface area contributed by atoms with Crippen molar-refractivity contribution in [2.75, 3.05) is 0 Å². The molecule has 0 heterocycles. The minimum atomic E-state index is -0.376. The first kappa shape index (κ1) is 11.2. The number of phenolic OH excluding ortho intramolecular Hbond substituents is 2. The highest BCUT2D eigenvalue weighted by Gasteiger charge is 2.18. The summed E-state index contributed by atoms with van der Waals surface area (Å²) < 4.78 is 0. The standard InChI is InChI=1S/C14H12O3/c1-9-5-4-8-12(16)13(9)14(17)10-6-2-3-7-11(10)15/h2-8,15-16H,1H3. The number of rotatable bonds is 2. The normalized spacial score (nSPS) is 10.2. The molecule has 0 bridgehead atoms. The van der Waals surface area contributed by atoms with Crippen LogP contribution in [0.1, 0.15) is 21.5 Å². The summed E-state index contributed by atoms with van der Waals surface area (Å²) in [5.74, 6) is -0.530. The number of aromatic hydroxyl groups is 2. The van der Waals surface area contributed by atoms with Gasteiger partial charge in [0, 0.05) is 0 Å². The Bertz CT molecular complexity index is 553. The van der Waals surface area contributed by atoms with Crippen molar-refractivity contribution in [1.29, 1.82) is 0 Å². The molecule has 0 radical (unpaired) electrons. The second kappa shape index (κ2) is 4.29. The van der Waals surface area contributed by atoms with Crippen LogP contribution in [0.5, 0.6) is 11.5 Å². The van der Waals surface area contributed by atoms with Crippen LogP contribution in [0.2, 0.25) is 0 Å². The lowest BCUT2D eigenvalue weighted by molar-refractivity contribution is 0.103. The number of hydrogen-bond acceptors (Lipinski definition) is 3. The zero-order valence-corrected chi connectivity index (χ0v) is 9.34. The zero-order valence-electron chi connectivity index (χ0n) is 9.34. The van der Waals surface area contributed by atoms with Gasteiger partial charge in [0.1, 0.15) is 11.5 Å². The molecule has 0 atom stereocenters. The monoisotopic (exact) mass is 228 g/mol. The molecule has 2 N–H and O–H groups in total. The largest absolute Gasteiger partial charge is 0.507 e. The molecular weight excluding hydrogens is 216 g/mol. The Balaban J connectivity index is 2.56. The maximum atomic E-state index is 12.2. The second-order valence-electron chi connectivity index (χ2n) is 3.82. The quantitative estimate of drug-likeness (QED) is 0.777. The van der Waals surface area contributed by atoms with Gasteiger partial charge in [-0.2, -0.15) is 0 Å². The summed E-state index contributed by atoms with van der Waals surface area (Å²) in [6.45, 7) is 1.74. The fraction of sp³-hybridized carbons (Fsp3) is 0.0714. The SMILES string of the molecule is Cc1cccc(O)c1C(=O)c1ccccc1O. The van der Waals surface area contributed by atoms with E-state index in [1.54, 1.807) is 31.2 Å². The molecule has 17 heavy (non-hydrogen) atoms. The van der Waals surface area contributed by atoms with E-state index >= 15 is 0 Å². The number of carbonyl (C=O) groups is 1. The van der Waals surface area contributed by atoms with Crippen LogP contribution in [0.15, 0.2) is 42.5 Å². The Labute approximate surface area is 99.0 Å². The van der Waals surface area contributed by atoms with Gasteiger partial charge in [-0.15, -0.1) is 0 Å². The average molecular weight is 228 g/mol. The van der Waals surface area contributed by atoms with E-state index in [9.17, 15) is 15.0 Å². The van der Waals surface area contributed by atoms with Crippen LogP contribution in [-0.4, -0.2) is 16.0 Å². The van der Waals surface area contributed by atoms with Crippen molar-refractivity contribution in [2.24, 2.45) is 0 Å². The van der Waals surface area contributed by atoms with E-state index in [1.807, 2.05) is 0 Å². The molecule has 2 aromatic rings. The first-order chi connectivity index (χ1) is 8.11. The molecule has 0 aliphatic rings. The first-order valence-corrected chi connectivity index (χ1v) is 5.22. The fourth-order valence-corrected chi connectivity index (χ4v) is 1.75. The second-order valence-corrected chi connectivity index (χ2v) is 3.82. The summed E-state index contributed by atoms with van der Waals surface area (Å²) in [7, 11) is 0. The predicted molar refractivity (Wildman–Crippen MR) is 64.4 cm³/mol. The number of ketones is 1. The van der Waals surface area contributed by atoms with Crippen molar-refractivity contribution < 1.29 is 15.0 Å². The molecule has 0 spiro atoms. The highest BCUT2D eigenvalue weighted by molar-refractivity contribution is 6.13. The van der Waals surface area contributed by atoms with Crippen molar-refractivity contribution in [3.05, 3.63) is 59.2 Å². The Hall–Kier alpha value is -2.29. The van der Waals surface area contributed by atoms with Crippen molar-refractivity contribution in [3.8, 4) is 11.5 Å². The summed E-state index contributed by atoms with van der Waals surface area (Å²) in [5, 5.41) is 19.3. The predicted octanol–water partition coefficient (Wildman–Crippen LogP) is 2.64. The molecule has 0 aliphatic carbocycles. The van der Waals surface area contributed by atoms with Crippen LogP contribution in [0.25, 0.3) is 0 Å². The van der Waals surface area contributed by atoms with Gasteiger partial charge in [0.2, 0.25) is 5.78 Å². The molecule has 2 aromatic carbocycles. The number of aryl methyl sites for hydroxylation is 1. The third-order valence-electron chi connectivity index (χ3n) is 2.63. The smallest absolute Gasteiger partial charge is 0.200 e. The Morgan fingerprint density at radius 2 is 1.59 bits per heavy atom. The minimum Gasteiger partial charge on any atom is -0.507 e. The first-order valence-electron chi connectivity index (χ1n) is 5.22. The van der Waals surface area contributed by atoms with Crippen molar-refractivity contribution >= 4 is 5.78 Å². The van der Waals surface area contributed by atoms with Gasteiger partial charge in [-0.05, 0) is 30.7 Å².